The molecule has 1 spiro atoms. The maximum atomic E-state index is 2.65. The normalized spacial score (nSPS) is 22.2. The van der Waals surface area contributed by atoms with Crippen LogP contribution in [0.15, 0.2) is 170 Å². The molecule has 0 aromatic heterocycles. The maximum Gasteiger partial charge on any atom is 0.0726 e. The Morgan fingerprint density at radius 3 is 1.28 bits per heavy atom. The van der Waals surface area contributed by atoms with Crippen molar-refractivity contribution < 1.29 is 0 Å². The first-order chi connectivity index (χ1) is 34.1. The summed E-state index contributed by atoms with van der Waals surface area (Å²) in [5.41, 5.74) is 26.7. The minimum Gasteiger partial charge on any atom is -0.310 e. The monoisotopic (exact) mass is 922 g/mol. The van der Waals surface area contributed by atoms with Gasteiger partial charge in [-0.2, -0.15) is 0 Å². The van der Waals surface area contributed by atoms with Crippen LogP contribution in [-0.2, 0) is 27.1 Å². The van der Waals surface area contributed by atoms with Crippen molar-refractivity contribution in [2.24, 2.45) is 17.8 Å². The van der Waals surface area contributed by atoms with Crippen LogP contribution in [0.4, 0.5) is 17.1 Å². The fourth-order valence-electron chi connectivity index (χ4n) is 16.0. The minimum absolute atomic E-state index is 0.0155. The molecule has 0 heterocycles. The van der Waals surface area contributed by atoms with Crippen molar-refractivity contribution in [2.75, 3.05) is 4.90 Å². The summed E-state index contributed by atoms with van der Waals surface area (Å²) >= 11 is 0. The van der Waals surface area contributed by atoms with Crippen LogP contribution in [0.25, 0.3) is 44.5 Å². The van der Waals surface area contributed by atoms with Crippen molar-refractivity contribution in [3.8, 4) is 44.5 Å². The number of anilines is 3. The summed E-state index contributed by atoms with van der Waals surface area (Å²) in [4.78, 5) is 2.65. The van der Waals surface area contributed by atoms with E-state index >= 15 is 0 Å². The fourth-order valence-corrected chi connectivity index (χ4v) is 16.0. The van der Waals surface area contributed by atoms with Crippen molar-refractivity contribution in [3.05, 3.63) is 220 Å². The number of hydrogen-bond donors (Lipinski definition) is 0. The number of nitrogens with zero attached hydrogens (tertiary/aromatic N) is 1. The lowest BCUT2D eigenvalue weighted by atomic mass is 9.47. The number of fused-ring (bicyclic) bond motifs is 13. The van der Waals surface area contributed by atoms with Crippen LogP contribution < -0.4 is 4.90 Å². The molecule has 4 saturated carbocycles. The highest BCUT2D eigenvalue weighted by molar-refractivity contribution is 5.98. The molecule has 0 aliphatic heterocycles. The van der Waals surface area contributed by atoms with Crippen molar-refractivity contribution in [1.29, 1.82) is 0 Å². The molecule has 0 radical (unpaired) electrons. The van der Waals surface area contributed by atoms with Crippen LogP contribution in [0.3, 0.4) is 0 Å². The highest BCUT2D eigenvalue weighted by atomic mass is 15.1. The van der Waals surface area contributed by atoms with E-state index in [9.17, 15) is 0 Å². The minimum atomic E-state index is -0.507. The van der Waals surface area contributed by atoms with Gasteiger partial charge in [-0.1, -0.05) is 195 Å². The second-order valence-corrected chi connectivity index (χ2v) is 25.5. The zero-order chi connectivity index (χ0) is 48.4. The highest BCUT2D eigenvalue weighted by Crippen LogP contribution is 2.66. The summed E-state index contributed by atoms with van der Waals surface area (Å²) in [6.45, 7) is 19.0. The molecule has 0 atom stereocenters. The molecule has 1 nitrogen and oxygen atoms in total. The van der Waals surface area contributed by atoms with Crippen LogP contribution in [0.1, 0.15) is 144 Å². The van der Waals surface area contributed by atoms with Gasteiger partial charge in [-0.25, -0.2) is 0 Å². The highest BCUT2D eigenvalue weighted by Gasteiger charge is 2.54. The second-order valence-electron chi connectivity index (χ2n) is 25.5. The predicted octanol–water partition coefficient (Wildman–Crippen LogP) is 18.5. The molecular weight excluding hydrogens is 855 g/mol. The lowest BCUT2D eigenvalue weighted by Gasteiger charge is -2.57. The molecule has 0 saturated heterocycles. The summed E-state index contributed by atoms with van der Waals surface area (Å²) in [5.74, 6) is 2.60. The van der Waals surface area contributed by atoms with Gasteiger partial charge in [0.2, 0.25) is 0 Å². The maximum absolute atomic E-state index is 2.65. The SMILES string of the molecule is CC(C)(C)c1ccc2c(c1)C1(c3ccccc3-c3ccc(N(c4ccc5c(c4)C(C)(C)c4ccccc4-5)c4ccccc4-c4ccccc4C45CC6CC(CC(C6)C4)C5)cc31)c1cc(C(C)(C)C)ccc1-2. The van der Waals surface area contributed by atoms with E-state index in [0.717, 1.165) is 17.8 Å². The lowest BCUT2D eigenvalue weighted by molar-refractivity contribution is -0.00492. The van der Waals surface area contributed by atoms with E-state index in [2.05, 4.69) is 230 Å². The van der Waals surface area contributed by atoms with E-state index in [1.54, 1.807) is 5.56 Å². The van der Waals surface area contributed by atoms with Crippen LogP contribution in [0.2, 0.25) is 0 Å². The van der Waals surface area contributed by atoms with Crippen LogP contribution in [0.5, 0.6) is 0 Å². The summed E-state index contributed by atoms with van der Waals surface area (Å²) < 4.78 is 0. The Labute approximate surface area is 423 Å². The van der Waals surface area contributed by atoms with Gasteiger partial charge < -0.3 is 4.90 Å². The molecule has 0 amide bonds. The lowest BCUT2D eigenvalue weighted by Crippen LogP contribution is -2.48. The second kappa shape index (κ2) is 14.8. The first-order valence-electron chi connectivity index (χ1n) is 26.9. The molecule has 0 N–H and O–H groups in total. The zero-order valence-corrected chi connectivity index (χ0v) is 43.1. The third-order valence-electron chi connectivity index (χ3n) is 19.0. The van der Waals surface area contributed by atoms with Crippen LogP contribution >= 0.6 is 0 Å². The molecule has 352 valence electrons. The van der Waals surface area contributed by atoms with Gasteiger partial charge in [-0.3, -0.25) is 0 Å². The number of benzene rings is 8. The molecule has 4 fully saturated rings. The third-order valence-corrected chi connectivity index (χ3v) is 19.0. The van der Waals surface area contributed by atoms with E-state index in [0.29, 0.717) is 0 Å². The fraction of sp³-hybridized carbons (Fsp3) is 0.314. The van der Waals surface area contributed by atoms with Gasteiger partial charge in [0, 0.05) is 22.4 Å². The third kappa shape index (κ3) is 6.11. The Morgan fingerprint density at radius 2 is 0.746 bits per heavy atom. The molecule has 8 aromatic rings. The van der Waals surface area contributed by atoms with Gasteiger partial charge in [0.1, 0.15) is 0 Å². The predicted molar refractivity (Wildman–Crippen MR) is 298 cm³/mol. The molecular formula is C70H67N. The molecule has 1 heteroatoms. The summed E-state index contributed by atoms with van der Waals surface area (Å²) in [6, 6.07) is 67.3. The Balaban J connectivity index is 1.04. The largest absolute Gasteiger partial charge is 0.310 e. The van der Waals surface area contributed by atoms with Gasteiger partial charge >= 0.3 is 0 Å². The molecule has 7 aliphatic rings. The van der Waals surface area contributed by atoms with Gasteiger partial charge in [0.25, 0.3) is 0 Å². The van der Waals surface area contributed by atoms with Gasteiger partial charge in [0.15, 0.2) is 0 Å². The molecule has 8 aromatic carbocycles. The Kier molecular flexibility index (Phi) is 9.05. The van der Waals surface area contributed by atoms with Crippen LogP contribution in [0, 0.1) is 17.8 Å². The molecule has 71 heavy (non-hydrogen) atoms. The van der Waals surface area contributed by atoms with Crippen LogP contribution in [-0.4, -0.2) is 0 Å². The van der Waals surface area contributed by atoms with Crippen molar-refractivity contribution in [3.63, 3.8) is 0 Å². The molecule has 15 rings (SSSR count). The van der Waals surface area contributed by atoms with Gasteiger partial charge in [0.05, 0.1) is 11.1 Å². The zero-order valence-electron chi connectivity index (χ0n) is 43.1. The van der Waals surface area contributed by atoms with Crippen molar-refractivity contribution >= 4 is 17.1 Å². The Morgan fingerprint density at radius 1 is 0.366 bits per heavy atom. The van der Waals surface area contributed by atoms with E-state index in [1.807, 2.05) is 0 Å². The molecule has 0 unspecified atom stereocenters. The first kappa shape index (κ1) is 43.4. The smallest absolute Gasteiger partial charge is 0.0726 e. The quantitative estimate of drug-likeness (QED) is 0.166. The summed E-state index contributed by atoms with van der Waals surface area (Å²) in [6.07, 6.45) is 8.35. The topological polar surface area (TPSA) is 3.24 Å². The van der Waals surface area contributed by atoms with Gasteiger partial charge in [-0.15, -0.1) is 0 Å². The van der Waals surface area contributed by atoms with Crippen molar-refractivity contribution in [1.82, 2.24) is 0 Å². The van der Waals surface area contributed by atoms with E-state index in [1.165, 1.54) is 145 Å². The van der Waals surface area contributed by atoms with E-state index < -0.39 is 5.41 Å². The summed E-state index contributed by atoms with van der Waals surface area (Å²) in [5, 5.41) is 0. The Bertz CT molecular complexity index is 3430. The average molecular weight is 922 g/mol. The standard InChI is InChI=1S/C70H67N/c1-66(2,3)46-25-29-54-55-30-26-47(67(4,5)6)37-63(55)70(62(54)36-46)60-23-15-11-18-51(60)56-32-28-49(39-64(56)70)71(48-27-31-53-50-17-9-13-21-58(50)68(7,8)61(53)38-48)65-24-16-12-20-57(65)52-19-10-14-22-59(52)69-40-43-33-44(41-69)35-45(34-43)42-69/h9-32,36-39,43-45H,33-35,40-42H2,1-8H3. The average Bonchev–Trinajstić information content (AvgIpc) is 3.91. The molecule has 7 aliphatic carbocycles. The van der Waals surface area contributed by atoms with E-state index in [-0.39, 0.29) is 21.7 Å². The molecule has 4 bridgehead atoms. The number of para-hydroxylation sites is 1. The summed E-state index contributed by atoms with van der Waals surface area (Å²) in [7, 11) is 0. The number of hydrogen-bond acceptors (Lipinski definition) is 1. The van der Waals surface area contributed by atoms with Crippen molar-refractivity contribution in [2.45, 2.75) is 121 Å². The number of rotatable bonds is 5. The Hall–Kier alpha value is -6.44. The first-order valence-corrected chi connectivity index (χ1v) is 26.9. The van der Waals surface area contributed by atoms with E-state index in [4.69, 9.17) is 0 Å². The van der Waals surface area contributed by atoms with Gasteiger partial charge in [-0.05, 0) is 192 Å².